The van der Waals surface area contributed by atoms with Crippen molar-refractivity contribution in [2.24, 2.45) is 0 Å². The summed E-state index contributed by atoms with van der Waals surface area (Å²) < 4.78 is 0. The lowest BCUT2D eigenvalue weighted by Crippen LogP contribution is -2.43. The number of amides is 2. The SMILES string of the molecule is CCN(CCC(=O)O)C(=O)NCC1CCCCS1. The van der Waals surface area contributed by atoms with Gasteiger partial charge in [-0.3, -0.25) is 4.79 Å². The zero-order valence-corrected chi connectivity index (χ0v) is 11.7. The molecule has 18 heavy (non-hydrogen) atoms. The molecule has 2 N–H and O–H groups in total. The quantitative estimate of drug-likeness (QED) is 0.774. The lowest BCUT2D eigenvalue weighted by Gasteiger charge is -2.25. The molecule has 5 nitrogen and oxygen atoms in total. The van der Waals surface area contributed by atoms with Crippen LogP contribution in [0.15, 0.2) is 0 Å². The van der Waals surface area contributed by atoms with Gasteiger partial charge < -0.3 is 15.3 Å². The third-order valence-corrected chi connectivity index (χ3v) is 4.42. The van der Waals surface area contributed by atoms with Crippen LogP contribution in [-0.2, 0) is 4.79 Å². The lowest BCUT2D eigenvalue weighted by atomic mass is 10.2. The minimum absolute atomic E-state index is 0.000557. The predicted molar refractivity (Wildman–Crippen MR) is 73.0 cm³/mol. The van der Waals surface area contributed by atoms with Crippen molar-refractivity contribution in [3.63, 3.8) is 0 Å². The molecule has 1 aliphatic rings. The molecule has 0 spiro atoms. The fourth-order valence-electron chi connectivity index (χ4n) is 1.92. The average Bonchev–Trinajstić information content (AvgIpc) is 2.38. The molecule has 1 atom stereocenters. The number of carboxylic acids is 1. The van der Waals surface area contributed by atoms with Crippen LogP contribution in [0.25, 0.3) is 0 Å². The van der Waals surface area contributed by atoms with E-state index in [1.165, 1.54) is 18.6 Å². The van der Waals surface area contributed by atoms with Crippen LogP contribution in [0, 0.1) is 0 Å². The Kier molecular flexibility index (Phi) is 6.93. The summed E-state index contributed by atoms with van der Waals surface area (Å²) in [4.78, 5) is 23.9. The largest absolute Gasteiger partial charge is 0.481 e. The van der Waals surface area contributed by atoms with Crippen molar-refractivity contribution >= 4 is 23.8 Å². The first-order chi connectivity index (χ1) is 8.63. The van der Waals surface area contributed by atoms with Gasteiger partial charge in [-0.05, 0) is 25.5 Å². The van der Waals surface area contributed by atoms with Crippen molar-refractivity contribution in [3.8, 4) is 0 Å². The van der Waals surface area contributed by atoms with Gasteiger partial charge in [-0.1, -0.05) is 6.42 Å². The Morgan fingerprint density at radius 1 is 1.44 bits per heavy atom. The monoisotopic (exact) mass is 274 g/mol. The third-order valence-electron chi connectivity index (χ3n) is 3.02. The van der Waals surface area contributed by atoms with Crippen LogP contribution in [0.4, 0.5) is 4.79 Å². The average molecular weight is 274 g/mol. The van der Waals surface area contributed by atoms with E-state index >= 15 is 0 Å². The number of carboxylic acid groups (broad SMARTS) is 1. The summed E-state index contributed by atoms with van der Waals surface area (Å²) in [5, 5.41) is 12.0. The van der Waals surface area contributed by atoms with Gasteiger partial charge in [0.15, 0.2) is 0 Å². The van der Waals surface area contributed by atoms with Crippen LogP contribution < -0.4 is 5.32 Å². The number of thioether (sulfide) groups is 1. The normalized spacial score (nSPS) is 19.3. The van der Waals surface area contributed by atoms with Crippen molar-refractivity contribution in [2.75, 3.05) is 25.4 Å². The molecule has 6 heteroatoms. The minimum atomic E-state index is -0.871. The molecule has 1 heterocycles. The second-order valence-corrected chi connectivity index (χ2v) is 5.81. The van der Waals surface area contributed by atoms with Crippen molar-refractivity contribution in [1.82, 2.24) is 10.2 Å². The predicted octanol–water partition coefficient (Wildman–Crippen LogP) is 1.78. The molecule has 0 aromatic carbocycles. The summed E-state index contributed by atoms with van der Waals surface area (Å²) >= 11 is 1.92. The van der Waals surface area contributed by atoms with Gasteiger partial charge in [0, 0.05) is 24.9 Å². The van der Waals surface area contributed by atoms with Crippen molar-refractivity contribution in [1.29, 1.82) is 0 Å². The van der Waals surface area contributed by atoms with Crippen LogP contribution >= 0.6 is 11.8 Å². The fraction of sp³-hybridized carbons (Fsp3) is 0.833. The molecule has 1 aliphatic heterocycles. The van der Waals surface area contributed by atoms with Gasteiger partial charge in [-0.15, -0.1) is 0 Å². The smallest absolute Gasteiger partial charge is 0.317 e. The minimum Gasteiger partial charge on any atom is -0.481 e. The Bertz CT molecular complexity index is 280. The highest BCUT2D eigenvalue weighted by Crippen LogP contribution is 2.24. The molecule has 0 bridgehead atoms. The molecule has 1 rings (SSSR count). The summed E-state index contributed by atoms with van der Waals surface area (Å²) in [6.07, 6.45) is 3.67. The molecular formula is C12H22N2O3S. The standard InChI is InChI=1S/C12H22N2O3S/c1-2-14(7-6-11(15)16)12(17)13-9-10-5-3-4-8-18-10/h10H,2-9H2,1H3,(H,13,17)(H,15,16). The second kappa shape index (κ2) is 8.24. The van der Waals surface area contributed by atoms with E-state index in [1.807, 2.05) is 18.7 Å². The first kappa shape index (κ1) is 15.1. The molecule has 0 radical (unpaired) electrons. The van der Waals surface area contributed by atoms with Gasteiger partial charge >= 0.3 is 12.0 Å². The van der Waals surface area contributed by atoms with Gasteiger partial charge in [-0.25, -0.2) is 4.79 Å². The van der Waals surface area contributed by atoms with E-state index in [4.69, 9.17) is 5.11 Å². The van der Waals surface area contributed by atoms with Crippen LogP contribution in [0.1, 0.15) is 32.6 Å². The summed E-state index contributed by atoms with van der Waals surface area (Å²) in [6, 6.07) is -0.148. The molecule has 104 valence electrons. The molecule has 0 saturated carbocycles. The number of nitrogens with zero attached hydrogens (tertiary/aromatic N) is 1. The van der Waals surface area contributed by atoms with Gasteiger partial charge in [-0.2, -0.15) is 11.8 Å². The van der Waals surface area contributed by atoms with Gasteiger partial charge in [0.1, 0.15) is 0 Å². The number of urea groups is 1. The number of carbonyl (C=O) groups excluding carboxylic acids is 1. The molecule has 1 fully saturated rings. The molecule has 0 aromatic rings. The zero-order chi connectivity index (χ0) is 13.4. The molecule has 1 unspecified atom stereocenters. The number of hydrogen-bond donors (Lipinski definition) is 2. The maximum Gasteiger partial charge on any atom is 0.317 e. The highest BCUT2D eigenvalue weighted by molar-refractivity contribution is 7.99. The Morgan fingerprint density at radius 2 is 2.22 bits per heavy atom. The number of carbonyl (C=O) groups is 2. The third kappa shape index (κ3) is 5.62. The fourth-order valence-corrected chi connectivity index (χ4v) is 3.15. The van der Waals surface area contributed by atoms with Gasteiger partial charge in [0.25, 0.3) is 0 Å². The van der Waals surface area contributed by atoms with E-state index in [-0.39, 0.29) is 19.0 Å². The van der Waals surface area contributed by atoms with E-state index in [9.17, 15) is 9.59 Å². The highest BCUT2D eigenvalue weighted by Gasteiger charge is 2.17. The van der Waals surface area contributed by atoms with Gasteiger partial charge in [0.05, 0.1) is 6.42 Å². The Balaban J connectivity index is 2.25. The highest BCUT2D eigenvalue weighted by atomic mass is 32.2. The van der Waals surface area contributed by atoms with E-state index in [2.05, 4.69) is 5.32 Å². The van der Waals surface area contributed by atoms with Crippen LogP contribution in [0.5, 0.6) is 0 Å². The van der Waals surface area contributed by atoms with Crippen molar-refractivity contribution in [2.45, 2.75) is 37.9 Å². The lowest BCUT2D eigenvalue weighted by molar-refractivity contribution is -0.137. The topological polar surface area (TPSA) is 69.6 Å². The van der Waals surface area contributed by atoms with E-state index in [1.54, 1.807) is 4.90 Å². The maximum absolute atomic E-state index is 11.8. The van der Waals surface area contributed by atoms with Gasteiger partial charge in [0.2, 0.25) is 0 Å². The van der Waals surface area contributed by atoms with Crippen LogP contribution in [0.3, 0.4) is 0 Å². The van der Waals surface area contributed by atoms with E-state index < -0.39 is 5.97 Å². The van der Waals surface area contributed by atoms with Crippen LogP contribution in [0.2, 0.25) is 0 Å². The number of aliphatic carboxylic acids is 1. The van der Waals surface area contributed by atoms with E-state index in [0.29, 0.717) is 18.3 Å². The Hall–Kier alpha value is -0.910. The molecule has 1 saturated heterocycles. The number of hydrogen-bond acceptors (Lipinski definition) is 3. The van der Waals surface area contributed by atoms with Crippen molar-refractivity contribution in [3.05, 3.63) is 0 Å². The zero-order valence-electron chi connectivity index (χ0n) is 10.9. The molecular weight excluding hydrogens is 252 g/mol. The maximum atomic E-state index is 11.8. The second-order valence-electron chi connectivity index (χ2n) is 4.40. The first-order valence-electron chi connectivity index (χ1n) is 6.49. The molecule has 0 aliphatic carbocycles. The summed E-state index contributed by atoms with van der Waals surface area (Å²) in [7, 11) is 0. The van der Waals surface area contributed by atoms with Crippen LogP contribution in [-0.4, -0.2) is 52.6 Å². The van der Waals surface area contributed by atoms with E-state index in [0.717, 1.165) is 6.42 Å². The Labute approximate surface area is 112 Å². The van der Waals surface area contributed by atoms with Crippen molar-refractivity contribution < 1.29 is 14.7 Å². The molecule has 2 amide bonds. The summed E-state index contributed by atoms with van der Waals surface area (Å²) in [6.45, 7) is 3.36. The summed E-state index contributed by atoms with van der Waals surface area (Å²) in [5.41, 5.74) is 0. The number of nitrogens with one attached hydrogen (secondary N) is 1. The first-order valence-corrected chi connectivity index (χ1v) is 7.54. The molecule has 0 aromatic heterocycles. The summed E-state index contributed by atoms with van der Waals surface area (Å²) in [5.74, 6) is 0.306. The number of rotatable bonds is 6. The Morgan fingerprint density at radius 3 is 2.78 bits per heavy atom.